The number of carbonyl (C=O) groups excluding carboxylic acids is 1. The van der Waals surface area contributed by atoms with Gasteiger partial charge in [-0.1, -0.05) is 20.8 Å². The van der Waals surface area contributed by atoms with Gasteiger partial charge in [0.05, 0.1) is 13.1 Å². The molecule has 134 valence electrons. The second kappa shape index (κ2) is 9.23. The fourth-order valence-electron chi connectivity index (χ4n) is 2.92. The van der Waals surface area contributed by atoms with E-state index in [1.807, 2.05) is 11.9 Å². The Morgan fingerprint density at radius 3 is 2.57 bits per heavy atom. The van der Waals surface area contributed by atoms with Crippen LogP contribution >= 0.6 is 0 Å². The van der Waals surface area contributed by atoms with Crippen LogP contribution < -0.4 is 5.32 Å². The van der Waals surface area contributed by atoms with E-state index in [1.165, 1.54) is 0 Å². The first kappa shape index (κ1) is 19.9. The van der Waals surface area contributed by atoms with Crippen molar-refractivity contribution in [3.63, 3.8) is 0 Å². The van der Waals surface area contributed by atoms with Crippen molar-refractivity contribution in [1.82, 2.24) is 15.1 Å². The molecular weight excluding hydrogens is 294 g/mol. The van der Waals surface area contributed by atoms with Crippen molar-refractivity contribution in [2.45, 2.75) is 52.5 Å². The quantitative estimate of drug-likeness (QED) is 0.740. The molecule has 1 rings (SSSR count). The van der Waals surface area contributed by atoms with Gasteiger partial charge in [0, 0.05) is 19.1 Å². The minimum atomic E-state index is -0.785. The second-order valence-corrected chi connectivity index (χ2v) is 7.83. The van der Waals surface area contributed by atoms with Crippen molar-refractivity contribution in [1.29, 1.82) is 0 Å². The van der Waals surface area contributed by atoms with Crippen molar-refractivity contribution in [2.24, 2.45) is 5.41 Å². The molecule has 0 saturated carbocycles. The maximum absolute atomic E-state index is 12.0. The number of nitrogens with one attached hydrogen (secondary N) is 1. The summed E-state index contributed by atoms with van der Waals surface area (Å²) in [7, 11) is 1.87. The molecule has 1 amide bonds. The van der Waals surface area contributed by atoms with Crippen molar-refractivity contribution < 1.29 is 14.7 Å². The van der Waals surface area contributed by atoms with Crippen molar-refractivity contribution in [2.75, 3.05) is 39.8 Å². The molecule has 0 aromatic carbocycles. The molecule has 6 heteroatoms. The molecule has 1 atom stereocenters. The molecule has 0 aliphatic carbocycles. The molecule has 6 nitrogen and oxygen atoms in total. The molecule has 2 N–H and O–H groups in total. The number of likely N-dealkylation sites (N-methyl/N-ethyl adjacent to an activating group) is 1. The summed E-state index contributed by atoms with van der Waals surface area (Å²) in [6.45, 7) is 9.51. The van der Waals surface area contributed by atoms with Gasteiger partial charge in [-0.2, -0.15) is 0 Å². The van der Waals surface area contributed by atoms with Crippen molar-refractivity contribution >= 4 is 11.9 Å². The highest BCUT2D eigenvalue weighted by Gasteiger charge is 2.22. The van der Waals surface area contributed by atoms with Crippen molar-refractivity contribution in [3.8, 4) is 0 Å². The Morgan fingerprint density at radius 1 is 1.26 bits per heavy atom. The molecule has 0 spiro atoms. The Labute approximate surface area is 140 Å². The van der Waals surface area contributed by atoms with Crippen LogP contribution in [0.4, 0.5) is 0 Å². The molecule has 1 saturated heterocycles. The predicted molar refractivity (Wildman–Crippen MR) is 91.4 cm³/mol. The van der Waals surface area contributed by atoms with Gasteiger partial charge < -0.3 is 10.4 Å². The summed E-state index contributed by atoms with van der Waals surface area (Å²) in [4.78, 5) is 26.9. The van der Waals surface area contributed by atoms with Gasteiger partial charge in [-0.05, 0) is 44.7 Å². The lowest BCUT2D eigenvalue weighted by Gasteiger charge is -2.25. The zero-order valence-corrected chi connectivity index (χ0v) is 15.1. The molecular formula is C17H33N3O3. The van der Waals surface area contributed by atoms with Crippen LogP contribution in [0.5, 0.6) is 0 Å². The smallest absolute Gasteiger partial charge is 0.317 e. The lowest BCUT2D eigenvalue weighted by atomic mass is 9.92. The Kier molecular flexibility index (Phi) is 7.99. The van der Waals surface area contributed by atoms with Gasteiger partial charge in [-0.15, -0.1) is 0 Å². The van der Waals surface area contributed by atoms with Crippen LogP contribution in [-0.4, -0.2) is 72.6 Å². The van der Waals surface area contributed by atoms with Gasteiger partial charge in [-0.3, -0.25) is 19.4 Å². The number of aliphatic carboxylic acids is 1. The van der Waals surface area contributed by atoms with E-state index in [1.54, 1.807) is 0 Å². The number of rotatable bonds is 7. The van der Waals surface area contributed by atoms with E-state index in [2.05, 4.69) is 31.0 Å². The summed E-state index contributed by atoms with van der Waals surface area (Å²) >= 11 is 0. The number of carboxylic acid groups (broad SMARTS) is 1. The number of carboxylic acids is 1. The molecule has 23 heavy (non-hydrogen) atoms. The van der Waals surface area contributed by atoms with E-state index in [4.69, 9.17) is 5.11 Å². The van der Waals surface area contributed by atoms with Gasteiger partial charge in [0.1, 0.15) is 0 Å². The minimum Gasteiger partial charge on any atom is -0.480 e. The average Bonchev–Trinajstić information content (AvgIpc) is 2.62. The fraction of sp³-hybridized carbons (Fsp3) is 0.882. The van der Waals surface area contributed by atoms with Crippen LogP contribution in [0, 0.1) is 5.41 Å². The van der Waals surface area contributed by atoms with Gasteiger partial charge in [-0.25, -0.2) is 0 Å². The molecule has 0 aromatic rings. The van der Waals surface area contributed by atoms with Gasteiger partial charge in [0.15, 0.2) is 0 Å². The third kappa shape index (κ3) is 8.91. The van der Waals surface area contributed by atoms with E-state index >= 15 is 0 Å². The highest BCUT2D eigenvalue weighted by molar-refractivity contribution is 5.77. The molecule has 1 aliphatic heterocycles. The first-order chi connectivity index (χ1) is 10.7. The largest absolute Gasteiger partial charge is 0.480 e. The Hall–Kier alpha value is -1.14. The number of likely N-dealkylation sites (tertiary alicyclic amines) is 1. The molecule has 1 heterocycles. The van der Waals surface area contributed by atoms with Gasteiger partial charge in [0.2, 0.25) is 5.91 Å². The van der Waals surface area contributed by atoms with E-state index in [0.717, 1.165) is 45.3 Å². The molecule has 0 aromatic heterocycles. The Morgan fingerprint density at radius 2 is 1.96 bits per heavy atom. The van der Waals surface area contributed by atoms with E-state index in [9.17, 15) is 9.59 Å². The monoisotopic (exact) mass is 327 g/mol. The highest BCUT2D eigenvalue weighted by Crippen LogP contribution is 2.17. The lowest BCUT2D eigenvalue weighted by Crippen LogP contribution is -2.40. The number of hydrogen-bond acceptors (Lipinski definition) is 4. The average molecular weight is 327 g/mol. The van der Waals surface area contributed by atoms with E-state index in [-0.39, 0.29) is 17.9 Å². The molecule has 0 radical (unpaired) electrons. The zero-order valence-electron chi connectivity index (χ0n) is 15.1. The van der Waals surface area contributed by atoms with E-state index in [0.29, 0.717) is 12.6 Å². The summed E-state index contributed by atoms with van der Waals surface area (Å²) in [6.07, 6.45) is 3.88. The summed E-state index contributed by atoms with van der Waals surface area (Å²) in [5.74, 6) is -0.696. The van der Waals surface area contributed by atoms with Crippen LogP contribution in [0.2, 0.25) is 0 Å². The zero-order chi connectivity index (χ0) is 17.5. The van der Waals surface area contributed by atoms with Crippen molar-refractivity contribution in [3.05, 3.63) is 0 Å². The summed E-state index contributed by atoms with van der Waals surface area (Å²) < 4.78 is 0. The Balaban J connectivity index is 2.31. The maximum atomic E-state index is 12.0. The first-order valence-electron chi connectivity index (χ1n) is 8.58. The number of nitrogens with zero attached hydrogens (tertiary/aromatic N) is 2. The van der Waals surface area contributed by atoms with Gasteiger partial charge in [0.25, 0.3) is 0 Å². The van der Waals surface area contributed by atoms with Gasteiger partial charge >= 0.3 is 5.97 Å². The van der Waals surface area contributed by atoms with Crippen LogP contribution in [0.25, 0.3) is 0 Å². The molecule has 0 bridgehead atoms. The third-order valence-electron chi connectivity index (χ3n) is 4.36. The van der Waals surface area contributed by atoms with E-state index < -0.39 is 5.97 Å². The Bertz CT molecular complexity index is 393. The summed E-state index contributed by atoms with van der Waals surface area (Å²) in [5, 5.41) is 11.9. The normalized spacial score (nSPS) is 20.3. The minimum absolute atomic E-state index is 0.0813. The number of carbonyl (C=O) groups is 2. The molecule has 1 aliphatic rings. The summed E-state index contributed by atoms with van der Waals surface area (Å²) in [6, 6.07) is 0.292. The maximum Gasteiger partial charge on any atom is 0.317 e. The molecule has 1 fully saturated rings. The molecule has 1 unspecified atom stereocenters. The van der Waals surface area contributed by atoms with Crippen LogP contribution in [0.1, 0.15) is 46.5 Å². The highest BCUT2D eigenvalue weighted by atomic mass is 16.4. The second-order valence-electron chi connectivity index (χ2n) is 7.83. The fourth-order valence-corrected chi connectivity index (χ4v) is 2.92. The van der Waals surface area contributed by atoms with Crippen LogP contribution in [0.15, 0.2) is 0 Å². The third-order valence-corrected chi connectivity index (χ3v) is 4.36. The first-order valence-corrected chi connectivity index (χ1v) is 8.58. The standard InChI is InChI=1S/C17H33N3O3/c1-17(2,3)8-9-18-15(21)12-20-10-5-6-14(7-11-20)19(4)13-16(22)23/h14H,5-13H2,1-4H3,(H,18,21)(H,22,23). The number of hydrogen-bond donors (Lipinski definition) is 2. The SMILES string of the molecule is CN(CC(=O)O)C1CCCN(CC(=O)NCCC(C)(C)C)CC1. The van der Waals surface area contributed by atoms with Crippen LogP contribution in [0.3, 0.4) is 0 Å². The lowest BCUT2D eigenvalue weighted by molar-refractivity contribution is -0.138. The number of amides is 1. The predicted octanol–water partition coefficient (Wildman–Crippen LogP) is 1.41. The topological polar surface area (TPSA) is 72.9 Å². The summed E-state index contributed by atoms with van der Waals surface area (Å²) in [5.41, 5.74) is 0.234. The van der Waals surface area contributed by atoms with Crippen LogP contribution in [-0.2, 0) is 9.59 Å².